The molecular formula is C29H23FN4O2. The summed E-state index contributed by atoms with van der Waals surface area (Å²) in [5.41, 5.74) is 7.97. The normalized spacial score (nSPS) is 14.4. The second-order valence-electron chi connectivity index (χ2n) is 8.47. The van der Waals surface area contributed by atoms with Crippen LogP contribution in [0.25, 0.3) is 0 Å². The van der Waals surface area contributed by atoms with Crippen molar-refractivity contribution < 1.29 is 14.0 Å². The minimum absolute atomic E-state index is 0.113. The standard InChI is InChI=1S/C29H23FN4O2/c30-24-15-8-10-21(18-24)26(35)32-25-16-7-9-20(17-25)19-34-27(36)29(33-28(34)31,22-11-3-1-4-12-22)23-13-5-2-6-14-23/h1-18H,19H2,(H2,31,33)(H,32,35). The van der Waals surface area contributed by atoms with Crippen LogP contribution in [0.3, 0.4) is 0 Å². The van der Waals surface area contributed by atoms with Crippen LogP contribution in [0.2, 0.25) is 0 Å². The van der Waals surface area contributed by atoms with E-state index >= 15 is 0 Å². The molecule has 0 fully saturated rings. The highest BCUT2D eigenvalue weighted by atomic mass is 19.1. The Morgan fingerprint density at radius 3 is 2.14 bits per heavy atom. The molecule has 6 nitrogen and oxygen atoms in total. The highest BCUT2D eigenvalue weighted by Gasteiger charge is 2.50. The van der Waals surface area contributed by atoms with E-state index in [4.69, 9.17) is 10.7 Å². The number of guanidine groups is 1. The summed E-state index contributed by atoms with van der Waals surface area (Å²) >= 11 is 0. The van der Waals surface area contributed by atoms with Crippen LogP contribution in [-0.4, -0.2) is 22.7 Å². The Hall–Kier alpha value is -4.78. The third-order valence-electron chi connectivity index (χ3n) is 6.11. The summed E-state index contributed by atoms with van der Waals surface area (Å²) in [4.78, 5) is 32.6. The summed E-state index contributed by atoms with van der Waals surface area (Å²) in [5, 5.41) is 2.77. The molecule has 1 aliphatic heterocycles. The molecule has 1 aliphatic rings. The topological polar surface area (TPSA) is 87.8 Å². The summed E-state index contributed by atoms with van der Waals surface area (Å²) in [6.45, 7) is 0.166. The third kappa shape index (κ3) is 4.22. The number of rotatable bonds is 6. The summed E-state index contributed by atoms with van der Waals surface area (Å²) in [6, 6.07) is 31.3. The van der Waals surface area contributed by atoms with Crippen molar-refractivity contribution in [2.24, 2.45) is 10.7 Å². The van der Waals surface area contributed by atoms with Gasteiger partial charge in [-0.2, -0.15) is 0 Å². The number of carbonyl (C=O) groups is 2. The Bertz CT molecular complexity index is 1420. The molecule has 0 bridgehead atoms. The molecule has 36 heavy (non-hydrogen) atoms. The quantitative estimate of drug-likeness (QED) is 0.422. The van der Waals surface area contributed by atoms with Crippen LogP contribution in [0.5, 0.6) is 0 Å². The minimum Gasteiger partial charge on any atom is -0.369 e. The molecule has 7 heteroatoms. The van der Waals surface area contributed by atoms with Gasteiger partial charge in [-0.3, -0.25) is 14.5 Å². The Balaban J connectivity index is 1.42. The van der Waals surface area contributed by atoms with Crippen molar-refractivity contribution in [3.8, 4) is 0 Å². The molecule has 1 heterocycles. The van der Waals surface area contributed by atoms with Crippen LogP contribution in [0.4, 0.5) is 10.1 Å². The predicted molar refractivity (Wildman–Crippen MR) is 137 cm³/mol. The molecule has 5 rings (SSSR count). The first-order valence-corrected chi connectivity index (χ1v) is 11.4. The molecular weight excluding hydrogens is 455 g/mol. The van der Waals surface area contributed by atoms with E-state index in [2.05, 4.69) is 5.32 Å². The van der Waals surface area contributed by atoms with Gasteiger partial charge in [-0.1, -0.05) is 78.9 Å². The lowest BCUT2D eigenvalue weighted by molar-refractivity contribution is -0.130. The van der Waals surface area contributed by atoms with Gasteiger partial charge in [0, 0.05) is 11.3 Å². The molecule has 0 aliphatic carbocycles. The molecule has 2 amide bonds. The molecule has 4 aromatic rings. The Labute approximate surface area is 207 Å². The van der Waals surface area contributed by atoms with E-state index in [1.54, 1.807) is 18.2 Å². The van der Waals surface area contributed by atoms with Gasteiger partial charge in [0.05, 0.1) is 6.54 Å². The van der Waals surface area contributed by atoms with Crippen LogP contribution in [0, 0.1) is 5.82 Å². The summed E-state index contributed by atoms with van der Waals surface area (Å²) in [7, 11) is 0. The fourth-order valence-electron chi connectivity index (χ4n) is 4.40. The maximum absolute atomic E-state index is 13.9. The van der Waals surface area contributed by atoms with E-state index in [0.29, 0.717) is 5.69 Å². The molecule has 0 aromatic heterocycles. The first kappa shape index (κ1) is 23.0. The van der Waals surface area contributed by atoms with Gasteiger partial charge >= 0.3 is 0 Å². The van der Waals surface area contributed by atoms with Crippen molar-refractivity contribution in [2.75, 3.05) is 5.32 Å². The maximum Gasteiger partial charge on any atom is 0.266 e. The second kappa shape index (κ2) is 9.46. The van der Waals surface area contributed by atoms with Crippen LogP contribution >= 0.6 is 0 Å². The predicted octanol–water partition coefficient (Wildman–Crippen LogP) is 4.68. The largest absolute Gasteiger partial charge is 0.369 e. The first-order chi connectivity index (χ1) is 17.5. The number of carbonyl (C=O) groups excluding carboxylic acids is 2. The smallest absolute Gasteiger partial charge is 0.266 e. The van der Waals surface area contributed by atoms with Gasteiger partial charge in [0.2, 0.25) is 0 Å². The zero-order chi connectivity index (χ0) is 25.1. The first-order valence-electron chi connectivity index (χ1n) is 11.4. The van der Waals surface area contributed by atoms with Crippen molar-refractivity contribution >= 4 is 23.5 Å². The average molecular weight is 479 g/mol. The van der Waals surface area contributed by atoms with E-state index in [9.17, 15) is 14.0 Å². The molecule has 178 valence electrons. The number of nitrogens with one attached hydrogen (secondary N) is 1. The number of benzene rings is 4. The van der Waals surface area contributed by atoms with Gasteiger partial charge in [0.15, 0.2) is 11.5 Å². The lowest BCUT2D eigenvalue weighted by Gasteiger charge is -2.27. The third-order valence-corrected chi connectivity index (χ3v) is 6.11. The van der Waals surface area contributed by atoms with Crippen LogP contribution in [0.15, 0.2) is 114 Å². The Morgan fingerprint density at radius 2 is 1.50 bits per heavy atom. The zero-order valence-corrected chi connectivity index (χ0v) is 19.3. The average Bonchev–Trinajstić information content (AvgIpc) is 3.15. The summed E-state index contributed by atoms with van der Waals surface area (Å²) in [5.74, 6) is -1.07. The van der Waals surface area contributed by atoms with E-state index in [1.165, 1.54) is 29.2 Å². The number of hydrogen-bond acceptors (Lipinski definition) is 4. The number of nitrogens with zero attached hydrogens (tertiary/aromatic N) is 2. The lowest BCUT2D eigenvalue weighted by Crippen LogP contribution is -2.43. The Morgan fingerprint density at radius 1 is 0.861 bits per heavy atom. The van der Waals surface area contributed by atoms with Gasteiger partial charge in [-0.15, -0.1) is 0 Å². The summed E-state index contributed by atoms with van der Waals surface area (Å²) in [6.07, 6.45) is 0. The molecule has 0 radical (unpaired) electrons. The van der Waals surface area contributed by atoms with Crippen LogP contribution < -0.4 is 11.1 Å². The van der Waals surface area contributed by atoms with Crippen molar-refractivity contribution in [3.63, 3.8) is 0 Å². The number of hydrogen-bond donors (Lipinski definition) is 2. The summed E-state index contributed by atoms with van der Waals surface area (Å²) < 4.78 is 13.5. The minimum atomic E-state index is -1.28. The van der Waals surface area contributed by atoms with Gasteiger partial charge in [-0.05, 0) is 47.0 Å². The van der Waals surface area contributed by atoms with E-state index in [1.807, 2.05) is 66.7 Å². The number of aliphatic imine (C=N–C) groups is 1. The molecule has 0 unspecified atom stereocenters. The zero-order valence-electron chi connectivity index (χ0n) is 19.3. The second-order valence-corrected chi connectivity index (χ2v) is 8.47. The lowest BCUT2D eigenvalue weighted by atomic mass is 9.83. The molecule has 3 N–H and O–H groups in total. The number of amides is 2. The molecule has 0 saturated carbocycles. The Kier molecular flexibility index (Phi) is 6.04. The van der Waals surface area contributed by atoms with E-state index in [-0.39, 0.29) is 24.0 Å². The maximum atomic E-state index is 13.9. The van der Waals surface area contributed by atoms with Crippen molar-refractivity contribution in [2.45, 2.75) is 12.1 Å². The highest BCUT2D eigenvalue weighted by Crippen LogP contribution is 2.40. The van der Waals surface area contributed by atoms with Gasteiger partial charge in [-0.25, -0.2) is 9.38 Å². The number of anilines is 1. The molecule has 0 spiro atoms. The number of nitrogens with two attached hydrogens (primary N) is 1. The molecule has 0 atom stereocenters. The van der Waals surface area contributed by atoms with Crippen molar-refractivity contribution in [1.29, 1.82) is 0 Å². The van der Waals surface area contributed by atoms with Crippen molar-refractivity contribution in [3.05, 3.63) is 137 Å². The van der Waals surface area contributed by atoms with Gasteiger partial charge in [0.1, 0.15) is 5.82 Å². The van der Waals surface area contributed by atoms with Crippen molar-refractivity contribution in [1.82, 2.24) is 4.90 Å². The molecule has 4 aromatic carbocycles. The van der Waals surface area contributed by atoms with Crippen LogP contribution in [-0.2, 0) is 16.9 Å². The van der Waals surface area contributed by atoms with Gasteiger partial charge in [0.25, 0.3) is 11.8 Å². The fourth-order valence-corrected chi connectivity index (χ4v) is 4.40. The van der Waals surface area contributed by atoms with E-state index < -0.39 is 17.3 Å². The number of halogens is 1. The molecule has 0 saturated heterocycles. The fraction of sp³-hybridized carbons (Fsp3) is 0.0690. The van der Waals surface area contributed by atoms with Crippen LogP contribution in [0.1, 0.15) is 27.0 Å². The van der Waals surface area contributed by atoms with E-state index in [0.717, 1.165) is 16.7 Å². The monoisotopic (exact) mass is 478 g/mol. The SMILES string of the molecule is NC1=NC(c2ccccc2)(c2ccccc2)C(=O)N1Cc1cccc(NC(=O)c2cccc(F)c2)c1. The van der Waals surface area contributed by atoms with Gasteiger partial charge < -0.3 is 11.1 Å². The highest BCUT2D eigenvalue weighted by molar-refractivity contribution is 6.09.